The molecule has 0 aliphatic carbocycles. The molecule has 1 heterocycles. The number of hydrogen-bond acceptors (Lipinski definition) is 2. The van der Waals surface area contributed by atoms with Crippen LogP contribution in [0, 0.1) is 0 Å². The van der Waals surface area contributed by atoms with Gasteiger partial charge in [0.2, 0.25) is 0 Å². The first-order chi connectivity index (χ1) is 6.33. The van der Waals surface area contributed by atoms with Crippen LogP contribution < -0.4 is 5.32 Å². The maximum Gasteiger partial charge on any atom is 0.168 e. The number of nitrogens with one attached hydrogen (secondary N) is 1. The highest BCUT2D eigenvalue weighted by Gasteiger charge is 2.26. The number of rotatable bonds is 2. The van der Waals surface area contributed by atoms with Gasteiger partial charge in [0, 0.05) is 6.54 Å². The standard InChI is InChI=1S/C10H10ClNO/c11-5-9(13)10-8-4-2-1-3-7(8)6-12-10/h1-4,10,12H,5-6H2. The lowest BCUT2D eigenvalue weighted by molar-refractivity contribution is -0.118. The molecule has 1 aliphatic heterocycles. The van der Waals surface area contributed by atoms with Crippen molar-refractivity contribution in [3.8, 4) is 0 Å². The summed E-state index contributed by atoms with van der Waals surface area (Å²) in [5.74, 6) is 0.123. The molecule has 0 bridgehead atoms. The van der Waals surface area contributed by atoms with E-state index in [-0.39, 0.29) is 17.7 Å². The fourth-order valence-electron chi connectivity index (χ4n) is 1.66. The zero-order valence-corrected chi connectivity index (χ0v) is 7.84. The predicted octanol–water partition coefficient (Wildman–Crippen LogP) is 1.64. The third kappa shape index (κ3) is 1.47. The van der Waals surface area contributed by atoms with Gasteiger partial charge in [-0.25, -0.2) is 0 Å². The van der Waals surface area contributed by atoms with Crippen molar-refractivity contribution in [1.29, 1.82) is 0 Å². The van der Waals surface area contributed by atoms with Crippen LogP contribution in [0.25, 0.3) is 0 Å². The Morgan fingerprint density at radius 1 is 1.54 bits per heavy atom. The minimum Gasteiger partial charge on any atom is -0.300 e. The van der Waals surface area contributed by atoms with Crippen molar-refractivity contribution in [3.63, 3.8) is 0 Å². The second-order valence-electron chi connectivity index (χ2n) is 3.11. The van der Waals surface area contributed by atoms with Crippen LogP contribution in [0.4, 0.5) is 0 Å². The smallest absolute Gasteiger partial charge is 0.168 e. The molecule has 0 spiro atoms. The van der Waals surface area contributed by atoms with Crippen molar-refractivity contribution in [2.75, 3.05) is 5.88 Å². The molecular weight excluding hydrogens is 186 g/mol. The number of fused-ring (bicyclic) bond motifs is 1. The van der Waals surface area contributed by atoms with E-state index in [0.717, 1.165) is 12.1 Å². The topological polar surface area (TPSA) is 29.1 Å². The second-order valence-corrected chi connectivity index (χ2v) is 3.38. The number of benzene rings is 1. The van der Waals surface area contributed by atoms with Crippen LogP contribution in [0.15, 0.2) is 24.3 Å². The summed E-state index contributed by atoms with van der Waals surface area (Å²) in [5, 5.41) is 3.14. The van der Waals surface area contributed by atoms with Gasteiger partial charge in [-0.3, -0.25) is 10.1 Å². The Kier molecular flexibility index (Phi) is 2.34. The van der Waals surface area contributed by atoms with Gasteiger partial charge in [-0.1, -0.05) is 24.3 Å². The van der Waals surface area contributed by atoms with E-state index in [4.69, 9.17) is 11.6 Å². The normalized spacial score (nSPS) is 19.9. The molecule has 1 atom stereocenters. The molecule has 3 heteroatoms. The van der Waals surface area contributed by atoms with Gasteiger partial charge in [-0.05, 0) is 11.1 Å². The number of hydrogen-bond donors (Lipinski definition) is 1. The predicted molar refractivity (Wildman–Crippen MR) is 51.7 cm³/mol. The molecule has 2 nitrogen and oxygen atoms in total. The molecule has 0 fully saturated rings. The van der Waals surface area contributed by atoms with Crippen LogP contribution in [0.3, 0.4) is 0 Å². The van der Waals surface area contributed by atoms with Gasteiger partial charge in [0.25, 0.3) is 0 Å². The number of Topliss-reactive ketones (excluding diaryl/α,β-unsaturated/α-hetero) is 1. The Hall–Kier alpha value is -0.860. The Morgan fingerprint density at radius 2 is 2.31 bits per heavy atom. The molecule has 1 aromatic carbocycles. The van der Waals surface area contributed by atoms with Gasteiger partial charge in [0.1, 0.15) is 0 Å². The molecule has 68 valence electrons. The molecule has 0 radical (unpaired) electrons. The average molecular weight is 196 g/mol. The third-order valence-corrected chi connectivity index (χ3v) is 2.58. The monoisotopic (exact) mass is 195 g/mol. The van der Waals surface area contributed by atoms with Gasteiger partial charge >= 0.3 is 0 Å². The van der Waals surface area contributed by atoms with E-state index >= 15 is 0 Å². The molecule has 0 aromatic heterocycles. The lowest BCUT2D eigenvalue weighted by Gasteiger charge is -2.07. The first-order valence-electron chi connectivity index (χ1n) is 4.23. The fourth-order valence-corrected chi connectivity index (χ4v) is 1.82. The van der Waals surface area contributed by atoms with E-state index in [1.807, 2.05) is 24.3 Å². The van der Waals surface area contributed by atoms with Crippen LogP contribution in [-0.2, 0) is 11.3 Å². The lowest BCUT2D eigenvalue weighted by atomic mass is 10.0. The molecular formula is C10H10ClNO. The number of ketones is 1. The van der Waals surface area contributed by atoms with Crippen molar-refractivity contribution >= 4 is 17.4 Å². The van der Waals surface area contributed by atoms with E-state index in [1.165, 1.54) is 5.56 Å². The number of carbonyl (C=O) groups is 1. The summed E-state index contributed by atoms with van der Waals surface area (Å²) in [4.78, 5) is 11.4. The summed E-state index contributed by atoms with van der Waals surface area (Å²) >= 11 is 5.51. The fraction of sp³-hybridized carbons (Fsp3) is 0.300. The molecule has 1 N–H and O–H groups in total. The van der Waals surface area contributed by atoms with Gasteiger partial charge < -0.3 is 0 Å². The highest BCUT2D eigenvalue weighted by molar-refractivity contribution is 6.28. The summed E-state index contributed by atoms with van der Waals surface area (Å²) in [7, 11) is 0. The van der Waals surface area contributed by atoms with E-state index in [0.29, 0.717) is 0 Å². The Morgan fingerprint density at radius 3 is 3.08 bits per heavy atom. The van der Waals surface area contributed by atoms with Gasteiger partial charge in [-0.2, -0.15) is 0 Å². The van der Waals surface area contributed by atoms with Gasteiger partial charge in [-0.15, -0.1) is 11.6 Å². The van der Waals surface area contributed by atoms with Crippen LogP contribution in [0.2, 0.25) is 0 Å². The van der Waals surface area contributed by atoms with Crippen molar-refractivity contribution in [2.45, 2.75) is 12.6 Å². The molecule has 0 amide bonds. The highest BCUT2D eigenvalue weighted by Crippen LogP contribution is 2.25. The number of halogens is 1. The molecule has 1 aromatic rings. The van der Waals surface area contributed by atoms with Crippen LogP contribution in [-0.4, -0.2) is 11.7 Å². The van der Waals surface area contributed by atoms with Crippen molar-refractivity contribution in [3.05, 3.63) is 35.4 Å². The van der Waals surface area contributed by atoms with Crippen LogP contribution in [0.5, 0.6) is 0 Å². The molecule has 0 saturated carbocycles. The zero-order valence-electron chi connectivity index (χ0n) is 7.09. The van der Waals surface area contributed by atoms with Crippen LogP contribution in [0.1, 0.15) is 17.2 Å². The van der Waals surface area contributed by atoms with Crippen molar-refractivity contribution in [1.82, 2.24) is 5.32 Å². The van der Waals surface area contributed by atoms with Crippen molar-refractivity contribution < 1.29 is 4.79 Å². The highest BCUT2D eigenvalue weighted by atomic mass is 35.5. The number of carbonyl (C=O) groups excluding carboxylic acids is 1. The van der Waals surface area contributed by atoms with Gasteiger partial charge in [0.15, 0.2) is 5.78 Å². The third-order valence-electron chi connectivity index (χ3n) is 2.32. The second kappa shape index (κ2) is 3.48. The Bertz CT molecular complexity index is 337. The van der Waals surface area contributed by atoms with E-state index in [1.54, 1.807) is 0 Å². The molecule has 1 unspecified atom stereocenters. The van der Waals surface area contributed by atoms with E-state index < -0.39 is 0 Å². The lowest BCUT2D eigenvalue weighted by Crippen LogP contribution is -2.22. The quantitative estimate of drug-likeness (QED) is 0.727. The van der Waals surface area contributed by atoms with E-state index in [9.17, 15) is 4.79 Å². The SMILES string of the molecule is O=C(CCl)C1NCc2ccccc21. The van der Waals surface area contributed by atoms with Crippen molar-refractivity contribution in [2.24, 2.45) is 0 Å². The molecule has 2 rings (SSSR count). The minimum atomic E-state index is -0.186. The Balaban J connectivity index is 2.33. The first-order valence-corrected chi connectivity index (χ1v) is 4.76. The zero-order chi connectivity index (χ0) is 9.26. The number of alkyl halides is 1. The largest absolute Gasteiger partial charge is 0.300 e. The maximum absolute atomic E-state index is 11.4. The summed E-state index contributed by atoms with van der Waals surface area (Å²) < 4.78 is 0. The Labute approximate surface area is 81.9 Å². The van der Waals surface area contributed by atoms with Crippen LogP contribution >= 0.6 is 11.6 Å². The minimum absolute atomic E-state index is 0.0478. The summed E-state index contributed by atoms with van der Waals surface area (Å²) in [6.45, 7) is 0.767. The first kappa shape index (κ1) is 8.73. The van der Waals surface area contributed by atoms with E-state index in [2.05, 4.69) is 5.32 Å². The maximum atomic E-state index is 11.4. The summed E-state index contributed by atoms with van der Waals surface area (Å²) in [6, 6.07) is 7.75. The summed E-state index contributed by atoms with van der Waals surface area (Å²) in [6.07, 6.45) is 0. The molecule has 1 aliphatic rings. The molecule has 0 saturated heterocycles. The van der Waals surface area contributed by atoms with Gasteiger partial charge in [0.05, 0.1) is 11.9 Å². The summed E-state index contributed by atoms with van der Waals surface area (Å²) in [5.41, 5.74) is 2.28. The molecule has 13 heavy (non-hydrogen) atoms. The average Bonchev–Trinajstić information content (AvgIpc) is 2.60.